The number of carboxylic acid groups (broad SMARTS) is 1. The van der Waals surface area contributed by atoms with Crippen LogP contribution in [0.3, 0.4) is 0 Å². The number of hydrogen-bond donors (Lipinski definition) is 2. The normalized spacial score (nSPS) is 24.1. The van der Waals surface area contributed by atoms with Crippen molar-refractivity contribution in [2.45, 2.75) is 57.2 Å². The summed E-state index contributed by atoms with van der Waals surface area (Å²) in [6.07, 6.45) is -1.22. The second-order valence-corrected chi connectivity index (χ2v) is 9.39. The summed E-state index contributed by atoms with van der Waals surface area (Å²) in [5.41, 5.74) is -0.368. The van der Waals surface area contributed by atoms with Crippen LogP contribution in [-0.2, 0) is 28.6 Å². The molecule has 1 amide bonds. The van der Waals surface area contributed by atoms with Crippen molar-refractivity contribution in [2.75, 3.05) is 6.54 Å². The Morgan fingerprint density at radius 3 is 2.61 bits per heavy atom. The Morgan fingerprint density at radius 2 is 2.00 bits per heavy atom. The fraction of sp³-hybridized carbons (Fsp3) is 0.571. The van der Waals surface area contributed by atoms with Gasteiger partial charge in [0.1, 0.15) is 0 Å². The molecule has 2 N–H and O–H groups in total. The molecule has 4 rings (SSSR count). The van der Waals surface area contributed by atoms with Gasteiger partial charge in [0.15, 0.2) is 5.69 Å². The van der Waals surface area contributed by atoms with Crippen LogP contribution in [0, 0.1) is 11.8 Å². The number of rotatable bonds is 5. The number of carbonyl (C=O) groups is 2. The summed E-state index contributed by atoms with van der Waals surface area (Å²) in [4.78, 5) is 27.0. The second-order valence-electron chi connectivity index (χ2n) is 8.36. The highest BCUT2D eigenvalue weighted by atomic mass is 32.1. The molecule has 1 unspecified atom stereocenters. The number of carboxylic acids is 1. The Balaban J connectivity index is 1.53. The summed E-state index contributed by atoms with van der Waals surface area (Å²) >= 11 is 1.51. The molecule has 1 atom stereocenters. The van der Waals surface area contributed by atoms with E-state index in [2.05, 4.69) is 10.2 Å². The average Bonchev–Trinajstić information content (AvgIpc) is 3.37. The van der Waals surface area contributed by atoms with Gasteiger partial charge in [-0.3, -0.25) is 14.7 Å². The van der Waals surface area contributed by atoms with Crippen molar-refractivity contribution >= 4 is 23.2 Å². The molecule has 31 heavy (non-hydrogen) atoms. The second kappa shape index (κ2) is 8.64. The molecule has 0 aromatic carbocycles. The number of amides is 1. The van der Waals surface area contributed by atoms with Crippen molar-refractivity contribution in [3.63, 3.8) is 0 Å². The molecule has 1 fully saturated rings. The number of aliphatic carboxylic acids is 1. The standard InChI is InChI=1S/C21H24F3N3O3S/c22-21(23,24)19-15-7-8-27(16(18(15)25-26-19)11-14-2-1-9-31-14)17(28)10-12-3-5-13(6-4-12)20(29)30/h1-2,9,12-13,16H,3-8,10-11H2,(H,25,26)(H,29,30). The fourth-order valence-electron chi connectivity index (χ4n) is 4.79. The first kappa shape index (κ1) is 21.9. The Labute approximate surface area is 181 Å². The zero-order valence-corrected chi connectivity index (χ0v) is 17.6. The van der Waals surface area contributed by atoms with E-state index < -0.39 is 23.9 Å². The number of carbonyl (C=O) groups excluding carboxylic acids is 1. The van der Waals surface area contributed by atoms with Gasteiger partial charge < -0.3 is 10.0 Å². The molecule has 1 aliphatic heterocycles. The van der Waals surface area contributed by atoms with Gasteiger partial charge in [-0.15, -0.1) is 11.3 Å². The van der Waals surface area contributed by atoms with E-state index in [1.54, 1.807) is 4.90 Å². The van der Waals surface area contributed by atoms with Gasteiger partial charge in [0, 0.05) is 29.8 Å². The number of aromatic nitrogens is 2. The predicted octanol–water partition coefficient (Wildman–Crippen LogP) is 4.44. The number of alkyl halides is 3. The molecule has 0 radical (unpaired) electrons. The number of nitrogens with one attached hydrogen (secondary N) is 1. The topological polar surface area (TPSA) is 86.3 Å². The number of thiophene rings is 1. The molecule has 3 heterocycles. The molecule has 168 valence electrons. The molecule has 2 aromatic heterocycles. The first-order valence-electron chi connectivity index (χ1n) is 10.4. The Kier molecular flexibility index (Phi) is 6.09. The Morgan fingerprint density at radius 1 is 1.26 bits per heavy atom. The molecule has 2 aliphatic rings. The number of H-pyrrole nitrogens is 1. The molecule has 6 nitrogen and oxygen atoms in total. The van der Waals surface area contributed by atoms with Gasteiger partial charge in [0.2, 0.25) is 5.91 Å². The summed E-state index contributed by atoms with van der Waals surface area (Å²) < 4.78 is 40.1. The third-order valence-corrected chi connectivity index (χ3v) is 7.33. The number of aromatic amines is 1. The lowest BCUT2D eigenvalue weighted by atomic mass is 9.80. The van der Waals surface area contributed by atoms with Crippen molar-refractivity contribution in [2.24, 2.45) is 11.8 Å². The van der Waals surface area contributed by atoms with Crippen LogP contribution in [0.25, 0.3) is 0 Å². The van der Waals surface area contributed by atoms with E-state index >= 15 is 0 Å². The van der Waals surface area contributed by atoms with Crippen molar-refractivity contribution < 1.29 is 27.9 Å². The largest absolute Gasteiger partial charge is 0.481 e. The number of hydrogen-bond acceptors (Lipinski definition) is 4. The van der Waals surface area contributed by atoms with E-state index in [1.807, 2.05) is 17.5 Å². The quantitative estimate of drug-likeness (QED) is 0.698. The lowest BCUT2D eigenvalue weighted by Crippen LogP contribution is -2.42. The fourth-order valence-corrected chi connectivity index (χ4v) is 5.54. The molecule has 2 aromatic rings. The van der Waals surface area contributed by atoms with E-state index in [0.29, 0.717) is 44.2 Å². The maximum absolute atomic E-state index is 13.4. The van der Waals surface area contributed by atoms with Gasteiger partial charge >= 0.3 is 12.1 Å². The van der Waals surface area contributed by atoms with Gasteiger partial charge in [0.05, 0.1) is 17.7 Å². The van der Waals surface area contributed by atoms with Crippen LogP contribution in [0.4, 0.5) is 13.2 Å². The van der Waals surface area contributed by atoms with Crippen molar-refractivity contribution in [3.05, 3.63) is 39.3 Å². The minimum atomic E-state index is -4.54. The first-order valence-corrected chi connectivity index (χ1v) is 11.3. The zero-order valence-electron chi connectivity index (χ0n) is 16.8. The van der Waals surface area contributed by atoms with Crippen LogP contribution in [-0.4, -0.2) is 38.6 Å². The van der Waals surface area contributed by atoms with E-state index in [9.17, 15) is 22.8 Å². The molecule has 1 aliphatic carbocycles. The molecule has 0 spiro atoms. The SMILES string of the molecule is O=C(O)C1CCC(CC(=O)N2CCc3c(C(F)(F)F)n[nH]c3C2Cc2cccs2)CC1. The summed E-state index contributed by atoms with van der Waals surface area (Å²) in [5, 5.41) is 17.2. The van der Waals surface area contributed by atoms with Crippen LogP contribution in [0.15, 0.2) is 17.5 Å². The third-order valence-electron chi connectivity index (χ3n) is 6.43. The minimum absolute atomic E-state index is 0.0888. The molecular weight excluding hydrogens is 431 g/mol. The van der Waals surface area contributed by atoms with Gasteiger partial charge in [-0.25, -0.2) is 0 Å². The third kappa shape index (κ3) is 4.63. The minimum Gasteiger partial charge on any atom is -0.481 e. The first-order chi connectivity index (χ1) is 14.7. The van der Waals surface area contributed by atoms with Crippen molar-refractivity contribution in [1.82, 2.24) is 15.1 Å². The van der Waals surface area contributed by atoms with E-state index in [1.165, 1.54) is 11.3 Å². The van der Waals surface area contributed by atoms with Gasteiger partial charge in [-0.1, -0.05) is 6.07 Å². The molecule has 0 bridgehead atoms. The summed E-state index contributed by atoms with van der Waals surface area (Å²) in [6, 6.07) is 3.27. The highest BCUT2D eigenvalue weighted by molar-refractivity contribution is 7.09. The van der Waals surface area contributed by atoms with Crippen molar-refractivity contribution in [1.29, 1.82) is 0 Å². The number of fused-ring (bicyclic) bond motifs is 1. The van der Waals surface area contributed by atoms with Crippen LogP contribution in [0.1, 0.15) is 60.0 Å². The molecular formula is C21H24F3N3O3S. The Bertz CT molecular complexity index is 934. The monoisotopic (exact) mass is 455 g/mol. The average molecular weight is 456 g/mol. The summed E-state index contributed by atoms with van der Waals surface area (Å²) in [5.74, 6) is -1.11. The number of halogens is 3. The van der Waals surface area contributed by atoms with Crippen molar-refractivity contribution in [3.8, 4) is 0 Å². The molecule has 1 saturated carbocycles. The van der Waals surface area contributed by atoms with E-state index in [4.69, 9.17) is 5.11 Å². The van der Waals surface area contributed by atoms with Crippen LogP contribution in [0.5, 0.6) is 0 Å². The van der Waals surface area contributed by atoms with Gasteiger partial charge in [-0.05, 0) is 49.5 Å². The zero-order chi connectivity index (χ0) is 22.2. The lowest BCUT2D eigenvalue weighted by molar-refractivity contribution is -0.143. The summed E-state index contributed by atoms with van der Waals surface area (Å²) in [6.45, 7) is 0.217. The lowest BCUT2D eigenvalue weighted by Gasteiger charge is -2.37. The van der Waals surface area contributed by atoms with Crippen LogP contribution >= 0.6 is 11.3 Å². The van der Waals surface area contributed by atoms with Crippen LogP contribution < -0.4 is 0 Å². The van der Waals surface area contributed by atoms with Crippen LogP contribution in [0.2, 0.25) is 0 Å². The maximum atomic E-state index is 13.4. The highest BCUT2D eigenvalue weighted by Gasteiger charge is 2.42. The molecule has 0 saturated heterocycles. The van der Waals surface area contributed by atoms with E-state index in [-0.39, 0.29) is 36.3 Å². The number of nitrogens with zero attached hydrogens (tertiary/aromatic N) is 2. The maximum Gasteiger partial charge on any atom is 0.435 e. The Hall–Kier alpha value is -2.36. The van der Waals surface area contributed by atoms with Gasteiger partial charge in [-0.2, -0.15) is 18.3 Å². The smallest absolute Gasteiger partial charge is 0.435 e. The summed E-state index contributed by atoms with van der Waals surface area (Å²) in [7, 11) is 0. The van der Waals surface area contributed by atoms with E-state index in [0.717, 1.165) is 4.88 Å². The van der Waals surface area contributed by atoms with Gasteiger partial charge in [0.25, 0.3) is 0 Å². The highest BCUT2D eigenvalue weighted by Crippen LogP contribution is 2.40. The predicted molar refractivity (Wildman–Crippen MR) is 107 cm³/mol. The molecule has 10 heteroatoms.